The van der Waals surface area contributed by atoms with E-state index in [1.807, 2.05) is 48.5 Å². The van der Waals surface area contributed by atoms with Crippen LogP contribution in [0.4, 0.5) is 11.4 Å². The molecule has 2 rings (SSSR count). The number of anilines is 2. The second-order valence-corrected chi connectivity index (χ2v) is 6.02. The summed E-state index contributed by atoms with van der Waals surface area (Å²) >= 11 is 3.37. The van der Waals surface area contributed by atoms with Crippen molar-refractivity contribution in [3.8, 4) is 5.75 Å². The summed E-state index contributed by atoms with van der Waals surface area (Å²) in [7, 11) is 0. The SMILES string of the molecule is CCCCOc1ccccc1NCC(=O)Nc1ccc(Br)cc1. The predicted molar refractivity (Wildman–Crippen MR) is 98.1 cm³/mol. The summed E-state index contributed by atoms with van der Waals surface area (Å²) in [4.78, 5) is 12.0. The van der Waals surface area contributed by atoms with E-state index >= 15 is 0 Å². The van der Waals surface area contributed by atoms with E-state index in [0.717, 1.165) is 34.4 Å². The number of nitrogens with one attached hydrogen (secondary N) is 2. The number of carbonyl (C=O) groups excluding carboxylic acids is 1. The number of amides is 1. The highest BCUT2D eigenvalue weighted by molar-refractivity contribution is 9.10. The molecule has 0 unspecified atom stereocenters. The van der Waals surface area contributed by atoms with Crippen LogP contribution in [0, 0.1) is 0 Å². The topological polar surface area (TPSA) is 50.4 Å². The van der Waals surface area contributed by atoms with Crippen molar-refractivity contribution in [1.29, 1.82) is 0 Å². The molecule has 0 aliphatic heterocycles. The molecule has 0 aliphatic rings. The van der Waals surface area contributed by atoms with Gasteiger partial charge in [-0.3, -0.25) is 4.79 Å². The molecule has 23 heavy (non-hydrogen) atoms. The first-order valence-electron chi connectivity index (χ1n) is 7.70. The van der Waals surface area contributed by atoms with Gasteiger partial charge in [0, 0.05) is 10.2 Å². The second kappa shape index (κ2) is 9.20. The molecular weight excluding hydrogens is 356 g/mol. The van der Waals surface area contributed by atoms with Gasteiger partial charge < -0.3 is 15.4 Å². The van der Waals surface area contributed by atoms with Gasteiger partial charge in [0.05, 0.1) is 18.8 Å². The molecule has 0 aliphatic carbocycles. The lowest BCUT2D eigenvalue weighted by atomic mass is 10.3. The zero-order valence-electron chi connectivity index (χ0n) is 13.1. The highest BCUT2D eigenvalue weighted by atomic mass is 79.9. The van der Waals surface area contributed by atoms with Crippen LogP contribution in [0.2, 0.25) is 0 Å². The number of unbranched alkanes of at least 4 members (excludes halogenated alkanes) is 1. The van der Waals surface area contributed by atoms with Crippen LogP contribution in [-0.4, -0.2) is 19.1 Å². The minimum Gasteiger partial charge on any atom is -0.491 e. The van der Waals surface area contributed by atoms with Gasteiger partial charge in [0.2, 0.25) is 5.91 Å². The molecule has 0 heterocycles. The zero-order valence-corrected chi connectivity index (χ0v) is 14.7. The number of benzene rings is 2. The van der Waals surface area contributed by atoms with Crippen LogP contribution < -0.4 is 15.4 Å². The Labute approximate surface area is 145 Å². The van der Waals surface area contributed by atoms with E-state index in [2.05, 4.69) is 33.5 Å². The number of rotatable bonds is 8. The van der Waals surface area contributed by atoms with Crippen LogP contribution in [0.25, 0.3) is 0 Å². The van der Waals surface area contributed by atoms with Crippen LogP contribution in [-0.2, 0) is 4.79 Å². The monoisotopic (exact) mass is 376 g/mol. The third kappa shape index (κ3) is 5.94. The van der Waals surface area contributed by atoms with Gasteiger partial charge in [0.1, 0.15) is 5.75 Å². The number of hydrogen-bond donors (Lipinski definition) is 2. The quantitative estimate of drug-likeness (QED) is 0.657. The molecule has 0 aromatic heterocycles. The van der Waals surface area contributed by atoms with Crippen molar-refractivity contribution >= 4 is 33.2 Å². The van der Waals surface area contributed by atoms with E-state index in [1.54, 1.807) is 0 Å². The Balaban J connectivity index is 1.87. The van der Waals surface area contributed by atoms with Crippen LogP contribution in [0.15, 0.2) is 53.0 Å². The zero-order chi connectivity index (χ0) is 16.5. The van der Waals surface area contributed by atoms with Gasteiger partial charge >= 0.3 is 0 Å². The van der Waals surface area contributed by atoms with Gasteiger partial charge in [-0.15, -0.1) is 0 Å². The molecule has 0 radical (unpaired) electrons. The van der Waals surface area contributed by atoms with Gasteiger partial charge in [0.25, 0.3) is 0 Å². The molecule has 0 saturated heterocycles. The number of hydrogen-bond acceptors (Lipinski definition) is 3. The van der Waals surface area contributed by atoms with Gasteiger partial charge in [-0.1, -0.05) is 41.4 Å². The average Bonchev–Trinajstić information content (AvgIpc) is 2.56. The molecule has 2 N–H and O–H groups in total. The highest BCUT2D eigenvalue weighted by Crippen LogP contribution is 2.23. The van der Waals surface area contributed by atoms with Crippen LogP contribution >= 0.6 is 15.9 Å². The Morgan fingerprint density at radius 1 is 1.13 bits per heavy atom. The fourth-order valence-electron chi connectivity index (χ4n) is 1.98. The second-order valence-electron chi connectivity index (χ2n) is 5.11. The summed E-state index contributed by atoms with van der Waals surface area (Å²) in [5.41, 5.74) is 1.60. The average molecular weight is 377 g/mol. The van der Waals surface area contributed by atoms with E-state index in [9.17, 15) is 4.79 Å². The lowest BCUT2D eigenvalue weighted by Gasteiger charge is -2.13. The first kappa shape index (κ1) is 17.3. The van der Waals surface area contributed by atoms with Gasteiger partial charge in [-0.05, 0) is 42.8 Å². The maximum atomic E-state index is 12.0. The third-order valence-electron chi connectivity index (χ3n) is 3.21. The molecule has 0 atom stereocenters. The summed E-state index contributed by atoms with van der Waals surface area (Å²) in [5, 5.41) is 5.97. The third-order valence-corrected chi connectivity index (χ3v) is 3.74. The van der Waals surface area contributed by atoms with Crippen molar-refractivity contribution in [3.63, 3.8) is 0 Å². The molecule has 2 aromatic carbocycles. The predicted octanol–water partition coefficient (Wildman–Crippen LogP) is 4.68. The van der Waals surface area contributed by atoms with E-state index in [0.29, 0.717) is 6.61 Å². The number of halogens is 1. The summed E-state index contributed by atoms with van der Waals surface area (Å²) in [5.74, 6) is 0.674. The van der Waals surface area contributed by atoms with Crippen molar-refractivity contribution in [2.75, 3.05) is 23.8 Å². The van der Waals surface area contributed by atoms with Gasteiger partial charge in [-0.25, -0.2) is 0 Å². The molecule has 0 bridgehead atoms. The van der Waals surface area contributed by atoms with Gasteiger partial charge in [0.15, 0.2) is 0 Å². The Morgan fingerprint density at radius 3 is 2.61 bits per heavy atom. The fraction of sp³-hybridized carbons (Fsp3) is 0.278. The Bertz CT molecular complexity index is 629. The van der Waals surface area contributed by atoms with Gasteiger partial charge in [-0.2, -0.15) is 0 Å². The Kier molecular flexibility index (Phi) is 6.94. The molecule has 122 valence electrons. The summed E-state index contributed by atoms with van der Waals surface area (Å²) in [6.07, 6.45) is 2.10. The summed E-state index contributed by atoms with van der Waals surface area (Å²) in [6, 6.07) is 15.1. The highest BCUT2D eigenvalue weighted by Gasteiger charge is 2.06. The van der Waals surface area contributed by atoms with Crippen molar-refractivity contribution in [1.82, 2.24) is 0 Å². The maximum Gasteiger partial charge on any atom is 0.243 e. The van der Waals surface area contributed by atoms with Crippen molar-refractivity contribution in [2.24, 2.45) is 0 Å². The minimum atomic E-state index is -0.101. The molecule has 2 aromatic rings. The Morgan fingerprint density at radius 2 is 1.87 bits per heavy atom. The van der Waals surface area contributed by atoms with Crippen molar-refractivity contribution in [3.05, 3.63) is 53.0 Å². The summed E-state index contributed by atoms with van der Waals surface area (Å²) in [6.45, 7) is 2.99. The van der Waals surface area contributed by atoms with Crippen LogP contribution in [0.1, 0.15) is 19.8 Å². The molecule has 1 amide bonds. The van der Waals surface area contributed by atoms with E-state index < -0.39 is 0 Å². The lowest BCUT2D eigenvalue weighted by molar-refractivity contribution is -0.114. The Hall–Kier alpha value is -2.01. The summed E-state index contributed by atoms with van der Waals surface area (Å²) < 4.78 is 6.72. The largest absolute Gasteiger partial charge is 0.491 e. The van der Waals surface area contributed by atoms with E-state index in [-0.39, 0.29) is 12.5 Å². The number of para-hydroxylation sites is 2. The van der Waals surface area contributed by atoms with Crippen molar-refractivity contribution in [2.45, 2.75) is 19.8 Å². The first-order chi connectivity index (χ1) is 11.2. The standard InChI is InChI=1S/C18H21BrN2O2/c1-2-3-12-23-17-7-5-4-6-16(17)20-13-18(22)21-15-10-8-14(19)9-11-15/h4-11,20H,2-3,12-13H2,1H3,(H,21,22). The number of carbonyl (C=O) groups is 1. The molecule has 4 nitrogen and oxygen atoms in total. The van der Waals surface area contributed by atoms with E-state index in [1.165, 1.54) is 0 Å². The molecule has 0 fully saturated rings. The minimum absolute atomic E-state index is 0.101. The van der Waals surface area contributed by atoms with Crippen LogP contribution in [0.5, 0.6) is 5.75 Å². The molecule has 0 saturated carbocycles. The number of ether oxygens (including phenoxy) is 1. The van der Waals surface area contributed by atoms with Crippen LogP contribution in [0.3, 0.4) is 0 Å². The molecular formula is C18H21BrN2O2. The molecule has 5 heteroatoms. The smallest absolute Gasteiger partial charge is 0.243 e. The normalized spacial score (nSPS) is 10.2. The first-order valence-corrected chi connectivity index (χ1v) is 8.49. The van der Waals surface area contributed by atoms with Crippen molar-refractivity contribution < 1.29 is 9.53 Å². The van der Waals surface area contributed by atoms with E-state index in [4.69, 9.17) is 4.74 Å². The molecule has 0 spiro atoms. The maximum absolute atomic E-state index is 12.0. The lowest BCUT2D eigenvalue weighted by Crippen LogP contribution is -2.22. The fourth-order valence-corrected chi connectivity index (χ4v) is 2.24.